The highest BCUT2D eigenvalue weighted by atomic mass is 32.1. The zero-order valence-electron chi connectivity index (χ0n) is 18.8. The van der Waals surface area contributed by atoms with E-state index in [1.54, 1.807) is 31.2 Å². The maximum Gasteiger partial charge on any atom is 0.341 e. The molecule has 4 rings (SSSR count). The van der Waals surface area contributed by atoms with Crippen LogP contribution in [-0.2, 0) is 22.4 Å². The van der Waals surface area contributed by atoms with Gasteiger partial charge in [-0.3, -0.25) is 4.79 Å². The molecule has 174 valence electrons. The number of rotatable bonds is 6. The Labute approximate surface area is 200 Å². The molecular formula is C26H23FN2O4S. The Morgan fingerprint density at radius 2 is 2.06 bits per heavy atom. The van der Waals surface area contributed by atoms with Gasteiger partial charge in [-0.15, -0.1) is 11.3 Å². The number of thiophene rings is 1. The van der Waals surface area contributed by atoms with Crippen molar-refractivity contribution in [2.75, 3.05) is 11.9 Å². The SMILES string of the molecule is CCOC(=O)c1c(NC(=O)/C(C#N)=C/c2ccc(-c3ccc(F)cc3)o2)sc2c1CC[C@@H](C)C2. The second-order valence-electron chi connectivity index (χ2n) is 8.11. The number of carbonyl (C=O) groups excluding carboxylic acids is 2. The van der Waals surface area contributed by atoms with Gasteiger partial charge in [0.1, 0.15) is 34.0 Å². The van der Waals surface area contributed by atoms with Crippen LogP contribution in [0.1, 0.15) is 46.8 Å². The number of amides is 1. The fraction of sp³-hybridized carbons (Fsp3) is 0.269. The van der Waals surface area contributed by atoms with E-state index in [-0.39, 0.29) is 18.0 Å². The fourth-order valence-corrected chi connectivity index (χ4v) is 5.31. The van der Waals surface area contributed by atoms with Crippen LogP contribution in [0.4, 0.5) is 9.39 Å². The Morgan fingerprint density at radius 3 is 2.76 bits per heavy atom. The number of hydrogen-bond acceptors (Lipinski definition) is 6. The average molecular weight is 479 g/mol. The van der Waals surface area contributed by atoms with Crippen molar-refractivity contribution in [2.45, 2.75) is 33.1 Å². The van der Waals surface area contributed by atoms with Gasteiger partial charge in [-0.25, -0.2) is 9.18 Å². The number of nitrogens with one attached hydrogen (secondary N) is 1. The number of nitrogens with zero attached hydrogens (tertiary/aromatic N) is 1. The Kier molecular flexibility index (Phi) is 6.94. The molecule has 6 nitrogen and oxygen atoms in total. The number of anilines is 1. The van der Waals surface area contributed by atoms with Gasteiger partial charge in [-0.1, -0.05) is 6.92 Å². The lowest BCUT2D eigenvalue weighted by molar-refractivity contribution is -0.112. The first kappa shape index (κ1) is 23.5. The first-order chi connectivity index (χ1) is 16.4. The van der Waals surface area contributed by atoms with Gasteiger partial charge < -0.3 is 14.5 Å². The second-order valence-corrected chi connectivity index (χ2v) is 9.21. The number of halogens is 1. The summed E-state index contributed by atoms with van der Waals surface area (Å²) in [5.41, 5.74) is 1.81. The Hall–Kier alpha value is -3.70. The summed E-state index contributed by atoms with van der Waals surface area (Å²) in [4.78, 5) is 26.7. The molecule has 0 fully saturated rings. The molecule has 3 aromatic rings. The fourth-order valence-electron chi connectivity index (χ4n) is 3.92. The molecule has 0 spiro atoms. The van der Waals surface area contributed by atoms with Crippen LogP contribution in [0.15, 0.2) is 46.4 Å². The summed E-state index contributed by atoms with van der Waals surface area (Å²) < 4.78 is 24.1. The number of fused-ring (bicyclic) bond motifs is 1. The lowest BCUT2D eigenvalue weighted by Gasteiger charge is -2.18. The number of esters is 1. The van der Waals surface area contributed by atoms with Gasteiger partial charge in [0.05, 0.1) is 12.2 Å². The molecule has 1 atom stereocenters. The molecule has 8 heteroatoms. The van der Waals surface area contributed by atoms with Gasteiger partial charge >= 0.3 is 5.97 Å². The van der Waals surface area contributed by atoms with Crippen molar-refractivity contribution in [3.05, 3.63) is 69.6 Å². The number of nitriles is 1. The van der Waals surface area contributed by atoms with E-state index >= 15 is 0 Å². The van der Waals surface area contributed by atoms with E-state index in [4.69, 9.17) is 9.15 Å². The van der Waals surface area contributed by atoms with Crippen LogP contribution in [0, 0.1) is 23.1 Å². The van der Waals surface area contributed by atoms with Crippen molar-refractivity contribution in [3.63, 3.8) is 0 Å². The lowest BCUT2D eigenvalue weighted by atomic mass is 9.88. The zero-order valence-corrected chi connectivity index (χ0v) is 19.6. The van der Waals surface area contributed by atoms with Crippen LogP contribution in [0.3, 0.4) is 0 Å². The van der Waals surface area contributed by atoms with E-state index in [0.29, 0.717) is 33.6 Å². The van der Waals surface area contributed by atoms with E-state index in [1.165, 1.54) is 29.5 Å². The van der Waals surface area contributed by atoms with Gasteiger partial charge in [0, 0.05) is 16.5 Å². The second kappa shape index (κ2) is 10.1. The summed E-state index contributed by atoms with van der Waals surface area (Å²) in [7, 11) is 0. The number of ether oxygens (including phenoxy) is 1. The van der Waals surface area contributed by atoms with E-state index in [2.05, 4.69) is 12.2 Å². The van der Waals surface area contributed by atoms with E-state index in [0.717, 1.165) is 29.7 Å². The molecule has 2 aromatic heterocycles. The van der Waals surface area contributed by atoms with Crippen LogP contribution in [0.2, 0.25) is 0 Å². The van der Waals surface area contributed by atoms with E-state index in [9.17, 15) is 19.2 Å². The van der Waals surface area contributed by atoms with E-state index < -0.39 is 11.9 Å². The van der Waals surface area contributed by atoms with Crippen LogP contribution >= 0.6 is 11.3 Å². The van der Waals surface area contributed by atoms with Crippen molar-refractivity contribution >= 4 is 34.3 Å². The zero-order chi connectivity index (χ0) is 24.2. The first-order valence-electron chi connectivity index (χ1n) is 11.0. The summed E-state index contributed by atoms with van der Waals surface area (Å²) in [6.45, 7) is 4.12. The van der Waals surface area contributed by atoms with Crippen molar-refractivity contribution in [3.8, 4) is 17.4 Å². The molecule has 1 N–H and O–H groups in total. The molecular weight excluding hydrogens is 455 g/mol. The first-order valence-corrected chi connectivity index (χ1v) is 11.8. The molecule has 0 saturated heterocycles. The molecule has 1 aromatic carbocycles. The number of furan rings is 1. The van der Waals surface area contributed by atoms with Gasteiger partial charge in [-0.05, 0) is 74.1 Å². The minimum atomic E-state index is -0.639. The molecule has 1 aliphatic carbocycles. The summed E-state index contributed by atoms with van der Waals surface area (Å²) in [6.07, 6.45) is 3.88. The highest BCUT2D eigenvalue weighted by Gasteiger charge is 2.29. The quantitative estimate of drug-likeness (QED) is 0.267. The summed E-state index contributed by atoms with van der Waals surface area (Å²) in [5.74, 6) is -0.189. The Balaban J connectivity index is 1.59. The normalized spacial score (nSPS) is 15.4. The van der Waals surface area contributed by atoms with Crippen molar-refractivity contribution < 1.29 is 23.1 Å². The average Bonchev–Trinajstić information content (AvgIpc) is 3.42. The third-order valence-electron chi connectivity index (χ3n) is 5.63. The maximum atomic E-state index is 13.2. The molecule has 2 heterocycles. The summed E-state index contributed by atoms with van der Waals surface area (Å²) >= 11 is 1.36. The van der Waals surface area contributed by atoms with Crippen molar-refractivity contribution in [1.29, 1.82) is 5.26 Å². The molecule has 0 saturated carbocycles. The lowest BCUT2D eigenvalue weighted by Crippen LogP contribution is -2.17. The molecule has 1 aliphatic rings. The highest BCUT2D eigenvalue weighted by Crippen LogP contribution is 2.40. The van der Waals surface area contributed by atoms with Crippen molar-refractivity contribution in [2.24, 2.45) is 5.92 Å². The van der Waals surface area contributed by atoms with Crippen LogP contribution in [0.25, 0.3) is 17.4 Å². The van der Waals surface area contributed by atoms with Crippen molar-refractivity contribution in [1.82, 2.24) is 0 Å². The third-order valence-corrected chi connectivity index (χ3v) is 6.80. The number of benzene rings is 1. The Morgan fingerprint density at radius 1 is 1.29 bits per heavy atom. The minimum Gasteiger partial charge on any atom is -0.462 e. The number of hydrogen-bond donors (Lipinski definition) is 1. The van der Waals surface area contributed by atoms with Crippen LogP contribution < -0.4 is 5.32 Å². The summed E-state index contributed by atoms with van der Waals surface area (Å²) in [6, 6.07) is 11.0. The smallest absolute Gasteiger partial charge is 0.341 e. The number of carbonyl (C=O) groups is 2. The summed E-state index contributed by atoms with van der Waals surface area (Å²) in [5, 5.41) is 12.7. The van der Waals surface area contributed by atoms with Crippen LogP contribution in [0.5, 0.6) is 0 Å². The van der Waals surface area contributed by atoms with Gasteiger partial charge in [0.15, 0.2) is 0 Å². The van der Waals surface area contributed by atoms with Gasteiger partial charge in [0.25, 0.3) is 5.91 Å². The predicted octanol–water partition coefficient (Wildman–Crippen LogP) is 5.99. The largest absolute Gasteiger partial charge is 0.462 e. The molecule has 0 radical (unpaired) electrons. The standard InChI is InChI=1S/C26H23FN2O4S/c1-3-32-26(31)23-20-10-4-15(2)12-22(20)34-25(23)29-24(30)17(14-28)13-19-9-11-21(33-19)16-5-7-18(27)8-6-16/h5-9,11,13,15H,3-4,10,12H2,1-2H3,(H,29,30)/b17-13+/t15-/m1/s1. The Bertz CT molecular complexity index is 1300. The molecule has 0 aliphatic heterocycles. The van der Waals surface area contributed by atoms with Crippen LogP contribution in [-0.4, -0.2) is 18.5 Å². The van der Waals surface area contributed by atoms with Gasteiger partial charge in [-0.2, -0.15) is 5.26 Å². The van der Waals surface area contributed by atoms with E-state index in [1.807, 2.05) is 6.07 Å². The topological polar surface area (TPSA) is 92.3 Å². The van der Waals surface area contributed by atoms with Gasteiger partial charge in [0.2, 0.25) is 0 Å². The molecule has 34 heavy (non-hydrogen) atoms. The highest BCUT2D eigenvalue weighted by molar-refractivity contribution is 7.17. The third kappa shape index (κ3) is 4.95. The molecule has 0 unspecified atom stereocenters. The molecule has 0 bridgehead atoms. The maximum absolute atomic E-state index is 13.2. The predicted molar refractivity (Wildman–Crippen MR) is 128 cm³/mol. The molecule has 1 amide bonds. The monoisotopic (exact) mass is 478 g/mol. The minimum absolute atomic E-state index is 0.172.